The number of para-hydroxylation sites is 2. The third-order valence-electron chi connectivity index (χ3n) is 3.13. The molecule has 0 spiro atoms. The van der Waals surface area contributed by atoms with Gasteiger partial charge in [-0.1, -0.05) is 12.1 Å². The molecule has 1 aromatic heterocycles. The third-order valence-corrected chi connectivity index (χ3v) is 3.37. The molecule has 2 aromatic carbocycles. The van der Waals surface area contributed by atoms with Crippen molar-refractivity contribution in [1.82, 2.24) is 9.55 Å². The maximum atomic E-state index is 13.5. The molecule has 102 valence electrons. The van der Waals surface area contributed by atoms with Gasteiger partial charge in [-0.15, -0.1) is 11.6 Å². The predicted molar refractivity (Wildman–Crippen MR) is 77.1 cm³/mol. The molecule has 0 bridgehead atoms. The fraction of sp³-hybridized carbons (Fsp3) is 0.133. The Morgan fingerprint density at radius 3 is 2.80 bits per heavy atom. The summed E-state index contributed by atoms with van der Waals surface area (Å²) in [5.41, 5.74) is 2.16. The highest BCUT2D eigenvalue weighted by atomic mass is 35.5. The molecule has 0 aliphatic carbocycles. The molecule has 0 aliphatic heterocycles. The van der Waals surface area contributed by atoms with Crippen molar-refractivity contribution in [2.75, 3.05) is 7.11 Å². The highest BCUT2D eigenvalue weighted by Gasteiger charge is 2.15. The second-order valence-corrected chi connectivity index (χ2v) is 4.57. The highest BCUT2D eigenvalue weighted by Crippen LogP contribution is 2.29. The van der Waals surface area contributed by atoms with Gasteiger partial charge in [0.1, 0.15) is 17.4 Å². The Bertz CT molecular complexity index is 770. The van der Waals surface area contributed by atoms with Crippen molar-refractivity contribution >= 4 is 22.6 Å². The molecule has 20 heavy (non-hydrogen) atoms. The first-order valence-corrected chi connectivity index (χ1v) is 6.64. The lowest BCUT2D eigenvalue weighted by atomic mass is 10.2. The van der Waals surface area contributed by atoms with E-state index in [-0.39, 0.29) is 11.7 Å². The minimum Gasteiger partial charge on any atom is -0.495 e. The number of benzene rings is 2. The molecule has 5 heteroatoms. The Labute approximate surface area is 120 Å². The van der Waals surface area contributed by atoms with Gasteiger partial charge in [-0.3, -0.25) is 4.57 Å². The summed E-state index contributed by atoms with van der Waals surface area (Å²) in [6.45, 7) is 0. The van der Waals surface area contributed by atoms with Gasteiger partial charge in [0.05, 0.1) is 29.7 Å². The standard InChI is InChI=1S/C15H12ClFN2O/c1-20-14-5-3-2-4-12(14)19-13-8-10(17)6-7-11(13)18-15(19)9-16/h2-8H,9H2,1H3. The van der Waals surface area contributed by atoms with Gasteiger partial charge in [0.25, 0.3) is 0 Å². The van der Waals surface area contributed by atoms with Crippen molar-refractivity contribution in [2.24, 2.45) is 0 Å². The maximum absolute atomic E-state index is 13.5. The second-order valence-electron chi connectivity index (χ2n) is 4.30. The van der Waals surface area contributed by atoms with Crippen LogP contribution in [-0.4, -0.2) is 16.7 Å². The van der Waals surface area contributed by atoms with Crippen molar-refractivity contribution in [2.45, 2.75) is 5.88 Å². The number of hydrogen-bond donors (Lipinski definition) is 0. The number of fused-ring (bicyclic) bond motifs is 1. The topological polar surface area (TPSA) is 27.1 Å². The Morgan fingerprint density at radius 2 is 2.05 bits per heavy atom. The van der Waals surface area contributed by atoms with E-state index in [1.165, 1.54) is 12.1 Å². The lowest BCUT2D eigenvalue weighted by Crippen LogP contribution is -2.01. The van der Waals surface area contributed by atoms with E-state index in [1.807, 2.05) is 28.8 Å². The summed E-state index contributed by atoms with van der Waals surface area (Å²) >= 11 is 5.97. The Morgan fingerprint density at radius 1 is 1.25 bits per heavy atom. The SMILES string of the molecule is COc1ccccc1-n1c(CCl)nc2ccc(F)cc21. The van der Waals surface area contributed by atoms with Crippen LogP contribution in [0.3, 0.4) is 0 Å². The Balaban J connectivity index is 2.36. The van der Waals surface area contributed by atoms with Crippen LogP contribution in [0.5, 0.6) is 5.75 Å². The number of methoxy groups -OCH3 is 1. The van der Waals surface area contributed by atoms with Crippen molar-refractivity contribution in [1.29, 1.82) is 0 Å². The number of halogens is 2. The van der Waals surface area contributed by atoms with E-state index in [1.54, 1.807) is 13.2 Å². The van der Waals surface area contributed by atoms with Gasteiger partial charge < -0.3 is 4.74 Å². The van der Waals surface area contributed by atoms with Gasteiger partial charge in [-0.05, 0) is 24.3 Å². The molecule has 0 saturated heterocycles. The smallest absolute Gasteiger partial charge is 0.142 e. The molecule has 3 nitrogen and oxygen atoms in total. The van der Waals surface area contributed by atoms with Crippen LogP contribution in [0.4, 0.5) is 4.39 Å². The molecule has 0 atom stereocenters. The maximum Gasteiger partial charge on any atom is 0.142 e. The van der Waals surface area contributed by atoms with E-state index in [2.05, 4.69) is 4.98 Å². The normalized spacial score (nSPS) is 10.9. The van der Waals surface area contributed by atoms with Crippen molar-refractivity contribution in [3.8, 4) is 11.4 Å². The minimum atomic E-state index is -0.310. The van der Waals surface area contributed by atoms with E-state index >= 15 is 0 Å². The van der Waals surface area contributed by atoms with Crippen LogP contribution in [0.2, 0.25) is 0 Å². The molecule has 0 unspecified atom stereocenters. The summed E-state index contributed by atoms with van der Waals surface area (Å²) in [4.78, 5) is 4.43. The van der Waals surface area contributed by atoms with Gasteiger partial charge in [0.2, 0.25) is 0 Å². The molecular formula is C15H12ClFN2O. The summed E-state index contributed by atoms with van der Waals surface area (Å²) in [5.74, 6) is 1.25. The zero-order valence-electron chi connectivity index (χ0n) is 10.8. The van der Waals surface area contributed by atoms with Gasteiger partial charge in [0.15, 0.2) is 0 Å². The Kier molecular flexibility index (Phi) is 3.32. The fourth-order valence-electron chi connectivity index (χ4n) is 2.27. The number of imidazole rings is 1. The molecule has 3 aromatic rings. The zero-order chi connectivity index (χ0) is 14.1. The summed E-state index contributed by atoms with van der Waals surface area (Å²) in [5, 5.41) is 0. The monoisotopic (exact) mass is 290 g/mol. The molecule has 0 saturated carbocycles. The van der Waals surface area contributed by atoms with Gasteiger partial charge >= 0.3 is 0 Å². The fourth-order valence-corrected chi connectivity index (χ4v) is 2.45. The number of hydrogen-bond acceptors (Lipinski definition) is 2. The van der Waals surface area contributed by atoms with Crippen LogP contribution in [0, 0.1) is 5.82 Å². The third kappa shape index (κ3) is 2.02. The minimum absolute atomic E-state index is 0.231. The van der Waals surface area contributed by atoms with Crippen LogP contribution in [0.25, 0.3) is 16.7 Å². The van der Waals surface area contributed by atoms with E-state index in [9.17, 15) is 4.39 Å². The predicted octanol–water partition coefficient (Wildman–Crippen LogP) is 3.91. The lowest BCUT2D eigenvalue weighted by Gasteiger charge is -2.12. The largest absolute Gasteiger partial charge is 0.495 e. The first kappa shape index (κ1) is 12.9. The average molecular weight is 291 g/mol. The number of aromatic nitrogens is 2. The molecule has 0 fully saturated rings. The summed E-state index contributed by atoms with van der Waals surface area (Å²) in [7, 11) is 1.60. The first-order chi connectivity index (χ1) is 9.74. The first-order valence-electron chi connectivity index (χ1n) is 6.11. The van der Waals surface area contributed by atoms with Crippen molar-refractivity contribution in [3.05, 3.63) is 54.1 Å². The van der Waals surface area contributed by atoms with Crippen LogP contribution < -0.4 is 4.74 Å². The number of nitrogens with zero attached hydrogens (tertiary/aromatic N) is 2. The number of alkyl halides is 1. The zero-order valence-corrected chi connectivity index (χ0v) is 11.6. The lowest BCUT2D eigenvalue weighted by molar-refractivity contribution is 0.413. The highest BCUT2D eigenvalue weighted by molar-refractivity contribution is 6.17. The van der Waals surface area contributed by atoms with E-state index in [4.69, 9.17) is 16.3 Å². The average Bonchev–Trinajstić information content (AvgIpc) is 2.84. The quantitative estimate of drug-likeness (QED) is 0.684. The van der Waals surface area contributed by atoms with E-state index in [0.29, 0.717) is 22.6 Å². The van der Waals surface area contributed by atoms with Crippen molar-refractivity contribution < 1.29 is 9.13 Å². The van der Waals surface area contributed by atoms with Gasteiger partial charge in [0, 0.05) is 6.07 Å². The molecule has 0 N–H and O–H groups in total. The number of ether oxygens (including phenoxy) is 1. The van der Waals surface area contributed by atoms with E-state index < -0.39 is 0 Å². The number of rotatable bonds is 3. The van der Waals surface area contributed by atoms with Crippen molar-refractivity contribution in [3.63, 3.8) is 0 Å². The van der Waals surface area contributed by atoms with Crippen LogP contribution >= 0.6 is 11.6 Å². The van der Waals surface area contributed by atoms with Crippen LogP contribution in [-0.2, 0) is 5.88 Å². The Hall–Kier alpha value is -2.07. The van der Waals surface area contributed by atoms with Gasteiger partial charge in [-0.25, -0.2) is 9.37 Å². The molecular weight excluding hydrogens is 279 g/mol. The molecule has 0 amide bonds. The molecule has 0 aliphatic rings. The van der Waals surface area contributed by atoms with Crippen LogP contribution in [0.15, 0.2) is 42.5 Å². The summed E-state index contributed by atoms with van der Waals surface area (Å²) in [6, 6.07) is 12.0. The molecule has 1 heterocycles. The second kappa shape index (κ2) is 5.13. The summed E-state index contributed by atoms with van der Waals surface area (Å²) in [6.07, 6.45) is 0. The molecule has 0 radical (unpaired) electrons. The van der Waals surface area contributed by atoms with Gasteiger partial charge in [-0.2, -0.15) is 0 Å². The van der Waals surface area contributed by atoms with Crippen LogP contribution in [0.1, 0.15) is 5.82 Å². The van der Waals surface area contributed by atoms with E-state index in [0.717, 1.165) is 5.69 Å². The summed E-state index contributed by atoms with van der Waals surface area (Å²) < 4.78 is 20.7. The molecule has 3 rings (SSSR count).